The Hall–Kier alpha value is -1.72. The topological polar surface area (TPSA) is 24.3 Å². The van der Waals surface area contributed by atoms with Gasteiger partial charge in [-0.2, -0.15) is 0 Å². The maximum absolute atomic E-state index is 14.0. The zero-order valence-corrected chi connectivity index (χ0v) is 15.9. The molecule has 1 atom stereocenters. The molecule has 3 heterocycles. The molecule has 1 aromatic heterocycles. The molecule has 4 rings (SSSR count). The molecule has 0 unspecified atom stereocenters. The van der Waals surface area contributed by atoms with Gasteiger partial charge in [0.1, 0.15) is 11.6 Å². The van der Waals surface area contributed by atoms with E-state index in [1.165, 1.54) is 25.0 Å². The summed E-state index contributed by atoms with van der Waals surface area (Å²) >= 11 is 0. The fraction of sp³-hybridized carbons (Fsp3) is 0.571. The molecular formula is C21H29FN4. The van der Waals surface area contributed by atoms with Gasteiger partial charge in [0.05, 0.1) is 5.69 Å². The van der Waals surface area contributed by atoms with Gasteiger partial charge in [0.15, 0.2) is 0 Å². The van der Waals surface area contributed by atoms with Crippen LogP contribution >= 0.6 is 0 Å². The average molecular weight is 356 g/mol. The van der Waals surface area contributed by atoms with E-state index in [1.807, 2.05) is 18.3 Å². The van der Waals surface area contributed by atoms with Gasteiger partial charge in [-0.1, -0.05) is 18.2 Å². The largest absolute Gasteiger partial charge is 0.334 e. The molecular weight excluding hydrogens is 327 g/mol. The Balaban J connectivity index is 1.39. The monoisotopic (exact) mass is 356 g/mol. The third-order valence-corrected chi connectivity index (χ3v) is 6.31. The van der Waals surface area contributed by atoms with Crippen molar-refractivity contribution in [3.8, 4) is 0 Å². The van der Waals surface area contributed by atoms with E-state index < -0.39 is 0 Å². The summed E-state index contributed by atoms with van der Waals surface area (Å²) in [5.41, 5.74) is 2.49. The van der Waals surface area contributed by atoms with Gasteiger partial charge in [0, 0.05) is 45.0 Å². The number of aryl methyl sites for hydroxylation is 1. The highest BCUT2D eigenvalue weighted by molar-refractivity contribution is 5.17. The first-order valence-corrected chi connectivity index (χ1v) is 9.70. The molecule has 2 fully saturated rings. The number of rotatable bonds is 4. The second-order valence-electron chi connectivity index (χ2n) is 8.22. The number of aromatic nitrogens is 2. The lowest BCUT2D eigenvalue weighted by Crippen LogP contribution is -2.44. The Morgan fingerprint density at radius 1 is 1.08 bits per heavy atom. The first-order chi connectivity index (χ1) is 12.5. The summed E-state index contributed by atoms with van der Waals surface area (Å²) < 4.78 is 16.2. The Kier molecular flexibility index (Phi) is 4.84. The number of nitrogens with zero attached hydrogens (tertiary/aromatic N) is 4. The third kappa shape index (κ3) is 3.55. The van der Waals surface area contributed by atoms with Gasteiger partial charge < -0.3 is 4.57 Å². The van der Waals surface area contributed by atoms with Crippen molar-refractivity contribution < 1.29 is 4.39 Å². The standard InChI is InChI=1S/C21H29FN4/c1-17-23-12-19(24(17)2)14-26-11-9-21(16-26)8-5-10-25(15-21)13-18-6-3-4-7-20(18)22/h3-4,6-7,12H,5,8-11,13-16H2,1-2H3/t21-/m0/s1. The van der Waals surface area contributed by atoms with Crippen LogP contribution in [0.5, 0.6) is 0 Å². The van der Waals surface area contributed by atoms with Crippen LogP contribution in [0.15, 0.2) is 30.5 Å². The van der Waals surface area contributed by atoms with Gasteiger partial charge in [-0.3, -0.25) is 9.80 Å². The summed E-state index contributed by atoms with van der Waals surface area (Å²) in [6.07, 6.45) is 5.76. The number of imidazole rings is 1. The van der Waals surface area contributed by atoms with Crippen LogP contribution in [0.3, 0.4) is 0 Å². The molecule has 2 aliphatic rings. The van der Waals surface area contributed by atoms with E-state index in [0.717, 1.165) is 50.7 Å². The van der Waals surface area contributed by atoms with Crippen LogP contribution in [0.2, 0.25) is 0 Å². The van der Waals surface area contributed by atoms with Crippen molar-refractivity contribution in [3.63, 3.8) is 0 Å². The first kappa shape index (κ1) is 17.7. The molecule has 140 valence electrons. The van der Waals surface area contributed by atoms with E-state index >= 15 is 0 Å². The van der Waals surface area contributed by atoms with Crippen molar-refractivity contribution in [2.45, 2.75) is 39.3 Å². The van der Waals surface area contributed by atoms with E-state index in [0.29, 0.717) is 5.41 Å². The summed E-state index contributed by atoms with van der Waals surface area (Å²) in [7, 11) is 2.10. The van der Waals surface area contributed by atoms with Gasteiger partial charge in [-0.15, -0.1) is 0 Å². The molecule has 1 aromatic carbocycles. The van der Waals surface area contributed by atoms with Crippen LogP contribution < -0.4 is 0 Å². The predicted octanol–water partition coefficient (Wildman–Crippen LogP) is 3.36. The van der Waals surface area contributed by atoms with Crippen molar-refractivity contribution >= 4 is 0 Å². The van der Waals surface area contributed by atoms with Gasteiger partial charge in [0.25, 0.3) is 0 Å². The van der Waals surface area contributed by atoms with Crippen LogP contribution in [-0.4, -0.2) is 45.5 Å². The molecule has 0 saturated carbocycles. The SMILES string of the molecule is Cc1ncc(CN2CC[C@]3(CCCN(Cc4ccccc4F)C3)C2)n1C. The summed E-state index contributed by atoms with van der Waals surface area (Å²) in [5.74, 6) is 0.995. The highest BCUT2D eigenvalue weighted by atomic mass is 19.1. The quantitative estimate of drug-likeness (QED) is 0.840. The lowest BCUT2D eigenvalue weighted by atomic mass is 9.79. The maximum Gasteiger partial charge on any atom is 0.127 e. The fourth-order valence-corrected chi connectivity index (χ4v) is 4.73. The number of benzene rings is 1. The molecule has 0 aliphatic carbocycles. The van der Waals surface area contributed by atoms with E-state index in [4.69, 9.17) is 0 Å². The molecule has 0 bridgehead atoms. The number of halogens is 1. The Morgan fingerprint density at radius 2 is 1.85 bits per heavy atom. The molecule has 2 saturated heterocycles. The van der Waals surface area contributed by atoms with Crippen molar-refractivity contribution in [1.82, 2.24) is 19.4 Å². The number of hydrogen-bond donors (Lipinski definition) is 0. The summed E-state index contributed by atoms with van der Waals surface area (Å²) in [4.78, 5) is 9.45. The van der Waals surface area contributed by atoms with E-state index in [-0.39, 0.29) is 5.82 Å². The number of likely N-dealkylation sites (tertiary alicyclic amines) is 2. The highest BCUT2D eigenvalue weighted by Gasteiger charge is 2.41. The zero-order valence-electron chi connectivity index (χ0n) is 15.9. The lowest BCUT2D eigenvalue weighted by molar-refractivity contribution is 0.0855. The summed E-state index contributed by atoms with van der Waals surface area (Å²) in [5, 5.41) is 0. The fourth-order valence-electron chi connectivity index (χ4n) is 4.73. The summed E-state index contributed by atoms with van der Waals surface area (Å²) in [6.45, 7) is 8.22. The smallest absolute Gasteiger partial charge is 0.127 e. The van der Waals surface area contributed by atoms with Crippen LogP contribution in [-0.2, 0) is 20.1 Å². The van der Waals surface area contributed by atoms with Gasteiger partial charge in [0.2, 0.25) is 0 Å². The summed E-state index contributed by atoms with van der Waals surface area (Å²) in [6, 6.07) is 7.20. The first-order valence-electron chi connectivity index (χ1n) is 9.70. The molecule has 1 spiro atoms. The van der Waals surface area contributed by atoms with Crippen LogP contribution in [0.1, 0.15) is 36.3 Å². The molecule has 2 aromatic rings. The zero-order chi connectivity index (χ0) is 18.1. The molecule has 0 radical (unpaired) electrons. The Labute approximate surface area is 155 Å². The average Bonchev–Trinajstić information content (AvgIpc) is 3.15. The lowest BCUT2D eigenvalue weighted by Gasteiger charge is -2.40. The van der Waals surface area contributed by atoms with Gasteiger partial charge in [-0.05, 0) is 50.8 Å². The minimum atomic E-state index is -0.0771. The van der Waals surface area contributed by atoms with Crippen LogP contribution in [0.4, 0.5) is 4.39 Å². The Morgan fingerprint density at radius 3 is 2.58 bits per heavy atom. The second kappa shape index (κ2) is 7.12. The van der Waals surface area contributed by atoms with Crippen LogP contribution in [0.25, 0.3) is 0 Å². The molecule has 26 heavy (non-hydrogen) atoms. The third-order valence-electron chi connectivity index (χ3n) is 6.31. The van der Waals surface area contributed by atoms with E-state index in [2.05, 4.69) is 33.3 Å². The Bertz CT molecular complexity index is 771. The highest BCUT2D eigenvalue weighted by Crippen LogP contribution is 2.39. The van der Waals surface area contributed by atoms with E-state index in [1.54, 1.807) is 12.1 Å². The van der Waals surface area contributed by atoms with Crippen molar-refractivity contribution in [3.05, 3.63) is 53.4 Å². The number of hydrogen-bond acceptors (Lipinski definition) is 3. The molecule has 0 N–H and O–H groups in total. The van der Waals surface area contributed by atoms with Gasteiger partial charge >= 0.3 is 0 Å². The molecule has 0 amide bonds. The maximum atomic E-state index is 14.0. The van der Waals surface area contributed by atoms with E-state index in [9.17, 15) is 4.39 Å². The normalized spacial score (nSPS) is 24.6. The van der Waals surface area contributed by atoms with Crippen molar-refractivity contribution in [2.75, 3.05) is 26.2 Å². The minimum Gasteiger partial charge on any atom is -0.334 e. The van der Waals surface area contributed by atoms with Gasteiger partial charge in [-0.25, -0.2) is 9.37 Å². The van der Waals surface area contributed by atoms with Crippen molar-refractivity contribution in [1.29, 1.82) is 0 Å². The second-order valence-corrected chi connectivity index (χ2v) is 8.22. The number of piperidine rings is 1. The molecule has 5 heteroatoms. The van der Waals surface area contributed by atoms with Crippen molar-refractivity contribution in [2.24, 2.45) is 12.5 Å². The van der Waals surface area contributed by atoms with Crippen LogP contribution in [0, 0.1) is 18.2 Å². The predicted molar refractivity (Wildman–Crippen MR) is 101 cm³/mol. The molecule has 2 aliphatic heterocycles. The molecule has 4 nitrogen and oxygen atoms in total. The minimum absolute atomic E-state index is 0.0771.